The van der Waals surface area contributed by atoms with Gasteiger partial charge in [0.25, 0.3) is 0 Å². The molecule has 0 radical (unpaired) electrons. The Morgan fingerprint density at radius 2 is 1.71 bits per heavy atom. The van der Waals surface area contributed by atoms with Crippen LogP contribution in [0.1, 0.15) is 24.8 Å². The fourth-order valence-electron chi connectivity index (χ4n) is 2.89. The van der Waals surface area contributed by atoms with Gasteiger partial charge in [-0.3, -0.25) is 24.2 Å². The molecular formula is C21H33N7O4S2. The number of hydrogen-bond donors (Lipinski definition) is 6. The quantitative estimate of drug-likeness (QED) is 0.0722. The molecule has 1 aromatic carbocycles. The monoisotopic (exact) mass is 511 g/mol. The molecule has 1 unspecified atom stereocenters. The predicted molar refractivity (Wildman–Crippen MR) is 137 cm³/mol. The van der Waals surface area contributed by atoms with Gasteiger partial charge in [-0.1, -0.05) is 51.9 Å². The van der Waals surface area contributed by atoms with Crippen LogP contribution in [0.3, 0.4) is 0 Å². The lowest BCUT2D eigenvalue weighted by Crippen LogP contribution is -2.55. The first-order chi connectivity index (χ1) is 16.2. The number of nitrogens with one attached hydrogen (secondary N) is 3. The van der Waals surface area contributed by atoms with Crippen molar-refractivity contribution in [2.24, 2.45) is 22.2 Å². The zero-order valence-electron chi connectivity index (χ0n) is 19.1. The minimum Gasteiger partial charge on any atom is -0.370 e. The highest BCUT2D eigenvalue weighted by Crippen LogP contribution is 2.17. The SMILES string of the molecule is CSSCCC(=O)N[C@@H](CCCN=C(N)N)C(=O)NC(Cc1ccccc1)C(=O)NCC(N)=O. The first-order valence-electron chi connectivity index (χ1n) is 10.6. The van der Waals surface area contributed by atoms with Gasteiger partial charge in [0, 0.05) is 25.1 Å². The van der Waals surface area contributed by atoms with Crippen LogP contribution in [0, 0.1) is 0 Å². The third-order valence-corrected chi connectivity index (χ3v) is 6.29. The summed E-state index contributed by atoms with van der Waals surface area (Å²) in [4.78, 5) is 53.1. The second-order valence-corrected chi connectivity index (χ2v) is 9.93. The van der Waals surface area contributed by atoms with Crippen LogP contribution in [-0.2, 0) is 25.6 Å². The minimum absolute atomic E-state index is 0.0619. The molecule has 0 aliphatic carbocycles. The van der Waals surface area contributed by atoms with E-state index in [1.54, 1.807) is 10.8 Å². The fraction of sp³-hybridized carbons (Fsp3) is 0.476. The lowest BCUT2D eigenvalue weighted by Gasteiger charge is -2.23. The molecule has 11 nitrogen and oxygen atoms in total. The number of amides is 4. The van der Waals surface area contributed by atoms with E-state index in [4.69, 9.17) is 17.2 Å². The number of nitrogens with zero attached hydrogens (tertiary/aromatic N) is 1. The van der Waals surface area contributed by atoms with Crippen molar-refractivity contribution in [3.63, 3.8) is 0 Å². The van der Waals surface area contributed by atoms with Gasteiger partial charge in [-0.15, -0.1) is 0 Å². The second kappa shape index (κ2) is 16.6. The molecule has 0 saturated carbocycles. The maximum absolute atomic E-state index is 13.1. The number of primary amides is 1. The summed E-state index contributed by atoms with van der Waals surface area (Å²) < 4.78 is 0. The first-order valence-corrected chi connectivity index (χ1v) is 13.4. The summed E-state index contributed by atoms with van der Waals surface area (Å²) in [6.45, 7) is -0.0668. The van der Waals surface area contributed by atoms with E-state index in [0.29, 0.717) is 12.2 Å². The third kappa shape index (κ3) is 12.9. The normalized spacial score (nSPS) is 12.1. The van der Waals surface area contributed by atoms with Crippen LogP contribution in [0.15, 0.2) is 35.3 Å². The number of nitrogens with two attached hydrogens (primary N) is 3. The summed E-state index contributed by atoms with van der Waals surface area (Å²) in [7, 11) is 3.09. The lowest BCUT2D eigenvalue weighted by molar-refractivity contribution is -0.132. The number of guanidine groups is 1. The smallest absolute Gasteiger partial charge is 0.243 e. The van der Waals surface area contributed by atoms with Crippen molar-refractivity contribution in [3.8, 4) is 0 Å². The molecule has 9 N–H and O–H groups in total. The van der Waals surface area contributed by atoms with Crippen LogP contribution < -0.4 is 33.2 Å². The number of carbonyl (C=O) groups is 4. The average molecular weight is 512 g/mol. The molecule has 1 rings (SSSR count). The van der Waals surface area contributed by atoms with Gasteiger partial charge >= 0.3 is 0 Å². The van der Waals surface area contributed by atoms with Crippen LogP contribution in [0.25, 0.3) is 0 Å². The molecule has 0 spiro atoms. The zero-order chi connectivity index (χ0) is 25.3. The van der Waals surface area contributed by atoms with Crippen molar-refractivity contribution in [2.75, 3.05) is 25.1 Å². The summed E-state index contributed by atoms with van der Waals surface area (Å²) in [5.41, 5.74) is 16.6. The summed E-state index contributed by atoms with van der Waals surface area (Å²) in [5, 5.41) is 7.85. The highest BCUT2D eigenvalue weighted by Gasteiger charge is 2.27. The molecule has 0 aliphatic heterocycles. The summed E-state index contributed by atoms with van der Waals surface area (Å²) in [6, 6.07) is 7.24. The summed E-state index contributed by atoms with van der Waals surface area (Å²) in [5.74, 6) is -1.52. The molecule has 0 heterocycles. The van der Waals surface area contributed by atoms with Gasteiger partial charge < -0.3 is 33.2 Å². The van der Waals surface area contributed by atoms with Crippen LogP contribution in [-0.4, -0.2) is 66.8 Å². The Hall–Kier alpha value is -2.93. The number of rotatable bonds is 16. The van der Waals surface area contributed by atoms with Crippen molar-refractivity contribution < 1.29 is 19.2 Å². The largest absolute Gasteiger partial charge is 0.370 e. The van der Waals surface area contributed by atoms with E-state index in [1.807, 2.05) is 36.6 Å². The van der Waals surface area contributed by atoms with Gasteiger partial charge in [0.05, 0.1) is 6.54 Å². The predicted octanol–water partition coefficient (Wildman–Crippen LogP) is -0.745. The Labute approximate surface area is 207 Å². The molecule has 2 atom stereocenters. The lowest BCUT2D eigenvalue weighted by atomic mass is 10.0. The van der Waals surface area contributed by atoms with E-state index in [2.05, 4.69) is 20.9 Å². The molecule has 34 heavy (non-hydrogen) atoms. The first kappa shape index (κ1) is 29.1. The minimum atomic E-state index is -0.974. The van der Waals surface area contributed by atoms with Crippen molar-refractivity contribution >= 4 is 51.2 Å². The van der Waals surface area contributed by atoms with Crippen LogP contribution in [0.4, 0.5) is 0 Å². The summed E-state index contributed by atoms with van der Waals surface area (Å²) >= 11 is 0. The Balaban J connectivity index is 2.93. The molecule has 0 bridgehead atoms. The number of aliphatic imine (C=N–C) groups is 1. The van der Waals surface area contributed by atoms with E-state index in [9.17, 15) is 19.2 Å². The fourth-order valence-corrected chi connectivity index (χ4v) is 4.07. The standard InChI is InChI=1S/C21H33N7O4S2/c1-33-34-11-9-18(30)27-15(8-5-10-25-21(23)24)20(32)28-16(19(31)26-13-17(22)29)12-14-6-3-2-4-7-14/h2-4,6-7,15-16H,5,8-13H2,1H3,(H2,22,29)(H,26,31)(H,27,30)(H,28,32)(H4,23,24,25)/t15-,16?/m0/s1. The molecule has 4 amide bonds. The highest BCUT2D eigenvalue weighted by molar-refractivity contribution is 8.76. The van der Waals surface area contributed by atoms with Gasteiger partial charge in [-0.25, -0.2) is 0 Å². The highest BCUT2D eigenvalue weighted by atomic mass is 33.1. The molecule has 188 valence electrons. The van der Waals surface area contributed by atoms with E-state index in [-0.39, 0.29) is 44.2 Å². The van der Waals surface area contributed by atoms with E-state index < -0.39 is 29.8 Å². The molecule has 0 aliphatic rings. The van der Waals surface area contributed by atoms with Crippen molar-refractivity contribution in [1.29, 1.82) is 0 Å². The van der Waals surface area contributed by atoms with E-state index >= 15 is 0 Å². The zero-order valence-corrected chi connectivity index (χ0v) is 20.8. The molecule has 0 fully saturated rings. The Kier molecular flexibility index (Phi) is 14.2. The third-order valence-electron chi connectivity index (χ3n) is 4.48. The number of benzene rings is 1. The van der Waals surface area contributed by atoms with Gasteiger partial charge in [-0.05, 0) is 24.7 Å². The Bertz CT molecular complexity index is 836. The maximum Gasteiger partial charge on any atom is 0.243 e. The second-order valence-electron chi connectivity index (χ2n) is 7.24. The molecular weight excluding hydrogens is 478 g/mol. The van der Waals surface area contributed by atoms with E-state index in [1.165, 1.54) is 10.8 Å². The van der Waals surface area contributed by atoms with Crippen LogP contribution >= 0.6 is 21.6 Å². The maximum atomic E-state index is 13.1. The van der Waals surface area contributed by atoms with Crippen LogP contribution in [0.2, 0.25) is 0 Å². The van der Waals surface area contributed by atoms with Gasteiger partial charge in [0.1, 0.15) is 12.1 Å². The Morgan fingerprint density at radius 1 is 1.00 bits per heavy atom. The molecule has 0 aromatic heterocycles. The summed E-state index contributed by atoms with van der Waals surface area (Å²) in [6.07, 6.45) is 3.06. The van der Waals surface area contributed by atoms with Gasteiger partial charge in [0.15, 0.2) is 5.96 Å². The van der Waals surface area contributed by atoms with Crippen molar-refractivity contribution in [3.05, 3.63) is 35.9 Å². The van der Waals surface area contributed by atoms with E-state index in [0.717, 1.165) is 5.56 Å². The molecule has 0 saturated heterocycles. The molecule has 1 aromatic rings. The van der Waals surface area contributed by atoms with Crippen molar-refractivity contribution in [1.82, 2.24) is 16.0 Å². The van der Waals surface area contributed by atoms with Gasteiger partial charge in [-0.2, -0.15) is 0 Å². The Morgan fingerprint density at radius 3 is 2.32 bits per heavy atom. The van der Waals surface area contributed by atoms with Crippen molar-refractivity contribution in [2.45, 2.75) is 37.8 Å². The molecule has 13 heteroatoms. The topological polar surface area (TPSA) is 195 Å². The number of hydrogen-bond acceptors (Lipinski definition) is 7. The van der Waals surface area contributed by atoms with Crippen LogP contribution in [0.5, 0.6) is 0 Å². The van der Waals surface area contributed by atoms with Gasteiger partial charge in [0.2, 0.25) is 23.6 Å². The number of carbonyl (C=O) groups excluding carboxylic acids is 4. The average Bonchev–Trinajstić information content (AvgIpc) is 2.79.